The topological polar surface area (TPSA) is 129 Å². The summed E-state index contributed by atoms with van der Waals surface area (Å²) >= 11 is 0. The summed E-state index contributed by atoms with van der Waals surface area (Å²) in [5, 5.41) is 9.20. The van der Waals surface area contributed by atoms with E-state index in [0.717, 1.165) is 90.0 Å². The number of rotatable bonds is 47. The Morgan fingerprint density at radius 3 is 1.27 bits per heavy atom. The van der Waals surface area contributed by atoms with Crippen molar-refractivity contribution >= 4 is 23.9 Å². The van der Waals surface area contributed by atoms with Gasteiger partial charge in [-0.15, -0.1) is 0 Å². The normalized spacial score (nSPS) is 12.9. The zero-order chi connectivity index (χ0) is 45.7. The molecule has 0 saturated heterocycles. The molecule has 0 spiro atoms. The van der Waals surface area contributed by atoms with Crippen molar-refractivity contribution < 1.29 is 43.2 Å². The highest BCUT2D eigenvalue weighted by Gasteiger charge is 2.22. The number of carbonyl (C=O) groups is 4. The van der Waals surface area contributed by atoms with Crippen LogP contribution < -0.4 is 0 Å². The number of aliphatic hydroxyl groups excluding tert-OH is 1. The molecule has 0 rings (SSSR count). The molecular weight excluding hydrogens is 783 g/mol. The molecule has 3 unspecified atom stereocenters. The SMILES string of the molecule is CCCCCCCCC(CCCCCC)C(=O)OCCCCCC(=O)OCC(CN(C)CCCCO)OC(=O)CCCCCOC(=O)C(CCCCCC)CCCCCCCC. The van der Waals surface area contributed by atoms with Crippen LogP contribution in [0.1, 0.15) is 246 Å². The molecule has 366 valence electrons. The van der Waals surface area contributed by atoms with Gasteiger partial charge in [-0.1, -0.05) is 156 Å². The fourth-order valence-electron chi connectivity index (χ4n) is 7.97. The van der Waals surface area contributed by atoms with Crippen LogP contribution in [0.3, 0.4) is 0 Å². The number of hydrogen-bond acceptors (Lipinski definition) is 10. The van der Waals surface area contributed by atoms with Crippen molar-refractivity contribution in [1.82, 2.24) is 4.90 Å². The molecule has 1 N–H and O–H groups in total. The molecule has 0 aliphatic heterocycles. The van der Waals surface area contributed by atoms with Crippen LogP contribution >= 0.6 is 0 Å². The van der Waals surface area contributed by atoms with Gasteiger partial charge in [0.25, 0.3) is 0 Å². The molecular formula is C52H99NO9. The van der Waals surface area contributed by atoms with Crippen LogP contribution in [-0.2, 0) is 38.1 Å². The van der Waals surface area contributed by atoms with E-state index in [-0.39, 0.29) is 61.8 Å². The highest BCUT2D eigenvalue weighted by molar-refractivity contribution is 5.73. The first kappa shape index (κ1) is 59.8. The van der Waals surface area contributed by atoms with Gasteiger partial charge >= 0.3 is 23.9 Å². The Balaban J connectivity index is 4.70. The van der Waals surface area contributed by atoms with E-state index in [2.05, 4.69) is 27.7 Å². The first-order valence-electron chi connectivity index (χ1n) is 26.2. The smallest absolute Gasteiger partial charge is 0.308 e. The molecule has 0 bridgehead atoms. The maximum Gasteiger partial charge on any atom is 0.308 e. The molecule has 0 aliphatic carbocycles. The summed E-state index contributed by atoms with van der Waals surface area (Å²) in [6.45, 7) is 10.9. The van der Waals surface area contributed by atoms with Gasteiger partial charge in [-0.25, -0.2) is 0 Å². The molecule has 0 fully saturated rings. The van der Waals surface area contributed by atoms with Gasteiger partial charge in [0.1, 0.15) is 12.7 Å². The molecule has 10 heteroatoms. The van der Waals surface area contributed by atoms with Crippen LogP contribution in [0.2, 0.25) is 0 Å². The zero-order valence-electron chi connectivity index (χ0n) is 41.2. The lowest BCUT2D eigenvalue weighted by atomic mass is 9.94. The van der Waals surface area contributed by atoms with Gasteiger partial charge in [0.15, 0.2) is 0 Å². The van der Waals surface area contributed by atoms with E-state index in [1.165, 1.54) is 89.9 Å². The highest BCUT2D eigenvalue weighted by atomic mass is 16.6. The summed E-state index contributed by atoms with van der Waals surface area (Å²) in [5.74, 6) is -0.814. The Morgan fingerprint density at radius 1 is 0.452 bits per heavy atom. The minimum absolute atomic E-state index is 0.0115. The van der Waals surface area contributed by atoms with Gasteiger partial charge in [-0.3, -0.25) is 19.2 Å². The number of hydrogen-bond donors (Lipinski definition) is 1. The molecule has 0 aromatic carbocycles. The fourth-order valence-corrected chi connectivity index (χ4v) is 7.97. The van der Waals surface area contributed by atoms with Crippen molar-refractivity contribution in [2.45, 2.75) is 252 Å². The fraction of sp³-hybridized carbons (Fsp3) is 0.923. The molecule has 0 heterocycles. The standard InChI is InChI=1S/C52H99NO9/c1-6-10-14-18-20-26-36-46(34-24-16-12-8-3)51(57)59-42-32-22-28-38-49(55)61-45-48(44-53(5)40-30-31-41-54)62-50(56)39-29-23-33-43-60-52(58)47(35-25-17-13-9-4)37-27-21-19-15-11-7-2/h46-48,54H,6-45H2,1-5H3. The largest absolute Gasteiger partial charge is 0.465 e. The third-order valence-corrected chi connectivity index (χ3v) is 12.0. The lowest BCUT2D eigenvalue weighted by Crippen LogP contribution is -2.37. The van der Waals surface area contributed by atoms with Crippen LogP contribution in [0.15, 0.2) is 0 Å². The quantitative estimate of drug-likeness (QED) is 0.0358. The van der Waals surface area contributed by atoms with Crippen LogP contribution in [0.5, 0.6) is 0 Å². The van der Waals surface area contributed by atoms with E-state index in [1.807, 2.05) is 11.9 Å². The Kier molecular flexibility index (Phi) is 43.8. The minimum Gasteiger partial charge on any atom is -0.465 e. The van der Waals surface area contributed by atoms with Gasteiger partial charge < -0.3 is 29.0 Å². The average Bonchev–Trinajstić information content (AvgIpc) is 3.26. The van der Waals surface area contributed by atoms with Gasteiger partial charge in [0.05, 0.1) is 25.0 Å². The number of ether oxygens (including phenoxy) is 4. The number of unbranched alkanes of at least 4 members (excludes halogenated alkanes) is 21. The van der Waals surface area contributed by atoms with Crippen LogP contribution in [0, 0.1) is 11.8 Å². The maximum absolute atomic E-state index is 13.0. The third kappa shape index (κ3) is 38.3. The maximum atomic E-state index is 13.0. The first-order valence-corrected chi connectivity index (χ1v) is 26.2. The van der Waals surface area contributed by atoms with Crippen molar-refractivity contribution in [3.8, 4) is 0 Å². The lowest BCUT2D eigenvalue weighted by Gasteiger charge is -2.24. The third-order valence-electron chi connectivity index (χ3n) is 12.0. The van der Waals surface area contributed by atoms with Crippen LogP contribution in [0.4, 0.5) is 0 Å². The summed E-state index contributed by atoms with van der Waals surface area (Å²) in [6, 6.07) is 0. The molecule has 3 atom stereocenters. The van der Waals surface area contributed by atoms with Crippen molar-refractivity contribution in [1.29, 1.82) is 0 Å². The summed E-state index contributed by atoms with van der Waals surface area (Å²) in [6.07, 6.45) is 33.0. The van der Waals surface area contributed by atoms with E-state index >= 15 is 0 Å². The molecule has 10 nitrogen and oxygen atoms in total. The summed E-state index contributed by atoms with van der Waals surface area (Å²) in [7, 11) is 1.93. The van der Waals surface area contributed by atoms with Gasteiger partial charge in [0, 0.05) is 26.0 Å². The van der Waals surface area contributed by atoms with Gasteiger partial charge in [-0.05, 0) is 90.6 Å². The van der Waals surface area contributed by atoms with E-state index in [4.69, 9.17) is 18.9 Å². The second-order valence-electron chi connectivity index (χ2n) is 18.1. The predicted octanol–water partition coefficient (Wildman–Crippen LogP) is 13.0. The van der Waals surface area contributed by atoms with E-state index in [1.54, 1.807) is 0 Å². The first-order chi connectivity index (χ1) is 30.2. The monoisotopic (exact) mass is 882 g/mol. The Labute approximate surface area is 381 Å². The number of likely N-dealkylation sites (N-methyl/N-ethyl adjacent to an activating group) is 1. The number of esters is 4. The molecule has 0 aromatic rings. The Morgan fingerprint density at radius 2 is 0.839 bits per heavy atom. The van der Waals surface area contributed by atoms with Crippen LogP contribution in [0.25, 0.3) is 0 Å². The Bertz CT molecular complexity index is 1040. The van der Waals surface area contributed by atoms with E-state index in [9.17, 15) is 24.3 Å². The van der Waals surface area contributed by atoms with Gasteiger partial charge in [-0.2, -0.15) is 0 Å². The van der Waals surface area contributed by atoms with Gasteiger partial charge in [0.2, 0.25) is 0 Å². The summed E-state index contributed by atoms with van der Waals surface area (Å²) < 4.78 is 22.9. The molecule has 62 heavy (non-hydrogen) atoms. The zero-order valence-corrected chi connectivity index (χ0v) is 41.2. The second-order valence-corrected chi connectivity index (χ2v) is 18.1. The molecule has 0 aromatic heterocycles. The summed E-state index contributed by atoms with van der Waals surface area (Å²) in [5.41, 5.74) is 0. The number of aliphatic hydroxyl groups is 1. The van der Waals surface area contributed by atoms with Crippen LogP contribution in [-0.4, -0.2) is 86.6 Å². The van der Waals surface area contributed by atoms with E-state index in [0.29, 0.717) is 51.9 Å². The van der Waals surface area contributed by atoms with E-state index < -0.39 is 6.10 Å². The molecule has 0 radical (unpaired) electrons. The van der Waals surface area contributed by atoms with Crippen molar-refractivity contribution in [3.63, 3.8) is 0 Å². The average molecular weight is 882 g/mol. The highest BCUT2D eigenvalue weighted by Crippen LogP contribution is 2.22. The van der Waals surface area contributed by atoms with Crippen molar-refractivity contribution in [3.05, 3.63) is 0 Å². The van der Waals surface area contributed by atoms with Crippen molar-refractivity contribution in [2.24, 2.45) is 11.8 Å². The molecule has 0 amide bonds. The summed E-state index contributed by atoms with van der Waals surface area (Å²) in [4.78, 5) is 53.6. The number of carbonyl (C=O) groups excluding carboxylic acids is 4. The number of nitrogens with zero attached hydrogens (tertiary/aromatic N) is 1. The molecule has 0 saturated carbocycles. The minimum atomic E-state index is -0.599. The predicted molar refractivity (Wildman–Crippen MR) is 254 cm³/mol. The molecule has 0 aliphatic rings. The lowest BCUT2D eigenvalue weighted by molar-refractivity contribution is -0.160. The Hall–Kier alpha value is -2.20. The van der Waals surface area contributed by atoms with Crippen molar-refractivity contribution in [2.75, 3.05) is 46.6 Å². The second kappa shape index (κ2) is 45.4.